The molecule has 2 heterocycles. The smallest absolute Gasteiger partial charge is 0.0660 e. The molecule has 0 radical (unpaired) electrons. The highest BCUT2D eigenvalue weighted by atomic mass is 15.3. The van der Waals surface area contributed by atoms with E-state index in [0.29, 0.717) is 6.04 Å². The number of hydrogen-bond acceptors (Lipinski definition) is 2. The molecule has 1 aromatic rings. The highest BCUT2D eigenvalue weighted by molar-refractivity contribution is 5.32. The maximum absolute atomic E-state index is 4.61. The Kier molecular flexibility index (Phi) is 1.87. The highest BCUT2D eigenvalue weighted by Gasteiger charge is 2.27. The van der Waals surface area contributed by atoms with Crippen molar-refractivity contribution in [3.05, 3.63) is 17.0 Å². The summed E-state index contributed by atoms with van der Waals surface area (Å²) in [5.41, 5.74) is 4.37. The van der Waals surface area contributed by atoms with E-state index in [9.17, 15) is 0 Å². The zero-order valence-corrected chi connectivity index (χ0v) is 8.71. The summed E-state index contributed by atoms with van der Waals surface area (Å²) < 4.78 is 2.10. The van der Waals surface area contributed by atoms with Gasteiger partial charge < -0.3 is 5.32 Å². The van der Waals surface area contributed by atoms with Gasteiger partial charge in [0, 0.05) is 13.1 Å². The molecular weight excluding hydrogens is 174 g/mol. The third-order valence-corrected chi connectivity index (χ3v) is 3.51. The number of aryl methyl sites for hydroxylation is 2. The lowest BCUT2D eigenvalue weighted by molar-refractivity contribution is 0.563. The van der Waals surface area contributed by atoms with Crippen LogP contribution in [0.5, 0.6) is 0 Å². The van der Waals surface area contributed by atoms with Gasteiger partial charge in [-0.05, 0) is 44.2 Å². The van der Waals surface area contributed by atoms with E-state index in [2.05, 4.69) is 22.1 Å². The molecule has 0 saturated carbocycles. The first-order chi connectivity index (χ1) is 6.86. The molecule has 1 aromatic heterocycles. The van der Waals surface area contributed by atoms with Crippen LogP contribution in [-0.2, 0) is 19.9 Å². The van der Waals surface area contributed by atoms with Crippen molar-refractivity contribution in [2.24, 2.45) is 7.05 Å². The van der Waals surface area contributed by atoms with Crippen molar-refractivity contribution in [2.45, 2.75) is 38.1 Å². The van der Waals surface area contributed by atoms with Crippen LogP contribution in [0.15, 0.2) is 0 Å². The van der Waals surface area contributed by atoms with Gasteiger partial charge in [-0.25, -0.2) is 0 Å². The van der Waals surface area contributed by atoms with Gasteiger partial charge in [0.15, 0.2) is 0 Å². The Hall–Kier alpha value is -0.830. The third kappa shape index (κ3) is 1.12. The Balaban J connectivity index is 2.02. The molecule has 1 atom stereocenters. The van der Waals surface area contributed by atoms with Crippen LogP contribution in [0.3, 0.4) is 0 Å². The van der Waals surface area contributed by atoms with Gasteiger partial charge in [0.1, 0.15) is 0 Å². The summed E-state index contributed by atoms with van der Waals surface area (Å²) in [6.45, 7) is 1.17. The van der Waals surface area contributed by atoms with Gasteiger partial charge in [-0.3, -0.25) is 4.68 Å². The number of rotatable bonds is 1. The van der Waals surface area contributed by atoms with Crippen LogP contribution in [0.2, 0.25) is 0 Å². The molecule has 3 heteroatoms. The third-order valence-electron chi connectivity index (χ3n) is 3.51. The van der Waals surface area contributed by atoms with E-state index in [1.165, 1.54) is 50.0 Å². The molecular formula is C11H17N3. The van der Waals surface area contributed by atoms with Crippen molar-refractivity contribution in [2.75, 3.05) is 6.54 Å². The largest absolute Gasteiger partial charge is 0.309 e. The van der Waals surface area contributed by atoms with Crippen molar-refractivity contribution in [1.29, 1.82) is 0 Å². The summed E-state index contributed by atoms with van der Waals surface area (Å²) in [4.78, 5) is 0. The Bertz CT molecular complexity index is 348. The summed E-state index contributed by atoms with van der Waals surface area (Å²) in [5, 5.41) is 8.18. The van der Waals surface area contributed by atoms with Crippen molar-refractivity contribution in [3.63, 3.8) is 0 Å². The fourth-order valence-electron chi connectivity index (χ4n) is 2.90. The van der Waals surface area contributed by atoms with Crippen LogP contribution < -0.4 is 5.32 Å². The maximum atomic E-state index is 4.61. The molecule has 1 fully saturated rings. The van der Waals surface area contributed by atoms with Crippen molar-refractivity contribution >= 4 is 0 Å². The van der Waals surface area contributed by atoms with Gasteiger partial charge in [0.25, 0.3) is 0 Å². The molecule has 0 bridgehead atoms. The average molecular weight is 191 g/mol. The molecule has 0 aromatic carbocycles. The summed E-state index contributed by atoms with van der Waals surface area (Å²) in [5.74, 6) is 0. The van der Waals surface area contributed by atoms with Gasteiger partial charge in [-0.15, -0.1) is 0 Å². The predicted octanol–water partition coefficient (Wildman–Crippen LogP) is 1.33. The van der Waals surface area contributed by atoms with Gasteiger partial charge in [-0.2, -0.15) is 5.10 Å². The van der Waals surface area contributed by atoms with Crippen molar-refractivity contribution in [3.8, 4) is 0 Å². The number of nitrogens with zero attached hydrogens (tertiary/aromatic N) is 2. The van der Waals surface area contributed by atoms with Crippen LogP contribution in [0.1, 0.15) is 42.3 Å². The van der Waals surface area contributed by atoms with Crippen LogP contribution in [0.4, 0.5) is 0 Å². The van der Waals surface area contributed by atoms with E-state index in [-0.39, 0.29) is 0 Å². The monoisotopic (exact) mass is 191 g/mol. The van der Waals surface area contributed by atoms with Crippen LogP contribution in [-0.4, -0.2) is 16.3 Å². The first kappa shape index (κ1) is 8.48. The highest BCUT2D eigenvalue weighted by Crippen LogP contribution is 2.32. The predicted molar refractivity (Wildman–Crippen MR) is 55.2 cm³/mol. The van der Waals surface area contributed by atoms with E-state index in [0.717, 1.165) is 0 Å². The zero-order valence-electron chi connectivity index (χ0n) is 8.71. The lowest BCUT2D eigenvalue weighted by Gasteiger charge is -2.12. The van der Waals surface area contributed by atoms with Gasteiger partial charge in [0.2, 0.25) is 0 Å². The number of nitrogens with one attached hydrogen (secondary N) is 1. The van der Waals surface area contributed by atoms with E-state index >= 15 is 0 Å². The summed E-state index contributed by atoms with van der Waals surface area (Å²) in [6, 6.07) is 0.578. The lowest BCUT2D eigenvalue weighted by Crippen LogP contribution is -2.17. The molecule has 1 saturated heterocycles. The first-order valence-corrected chi connectivity index (χ1v) is 5.64. The quantitative estimate of drug-likeness (QED) is 0.726. The molecule has 1 N–H and O–H groups in total. The van der Waals surface area contributed by atoms with E-state index in [1.807, 2.05) is 0 Å². The molecule has 1 aliphatic heterocycles. The summed E-state index contributed by atoms with van der Waals surface area (Å²) >= 11 is 0. The molecule has 3 rings (SSSR count). The maximum Gasteiger partial charge on any atom is 0.0660 e. The van der Waals surface area contributed by atoms with Crippen molar-refractivity contribution < 1.29 is 0 Å². The average Bonchev–Trinajstić information content (AvgIpc) is 2.78. The molecule has 0 amide bonds. The molecule has 0 spiro atoms. The Morgan fingerprint density at radius 2 is 2.29 bits per heavy atom. The minimum atomic E-state index is 0.578. The minimum Gasteiger partial charge on any atom is -0.309 e. The fourth-order valence-corrected chi connectivity index (χ4v) is 2.90. The van der Waals surface area contributed by atoms with Crippen LogP contribution in [0.25, 0.3) is 0 Å². The molecule has 76 valence electrons. The first-order valence-electron chi connectivity index (χ1n) is 5.64. The molecule has 1 unspecified atom stereocenters. The standard InChI is InChI=1S/C11H17N3/c1-14-11(10-6-3-7-12-10)8-4-2-5-9(8)13-14/h10,12H,2-7H2,1H3. The molecule has 3 nitrogen and oxygen atoms in total. The van der Waals surface area contributed by atoms with Crippen LogP contribution >= 0.6 is 0 Å². The van der Waals surface area contributed by atoms with Crippen LogP contribution in [0, 0.1) is 0 Å². The summed E-state index contributed by atoms with van der Waals surface area (Å²) in [7, 11) is 2.09. The molecule has 14 heavy (non-hydrogen) atoms. The van der Waals surface area contributed by atoms with E-state index in [4.69, 9.17) is 0 Å². The topological polar surface area (TPSA) is 29.9 Å². The van der Waals surface area contributed by atoms with Gasteiger partial charge in [0.05, 0.1) is 11.4 Å². The second-order valence-corrected chi connectivity index (χ2v) is 4.44. The molecule has 2 aliphatic rings. The zero-order chi connectivity index (χ0) is 9.54. The van der Waals surface area contributed by atoms with Gasteiger partial charge in [-0.1, -0.05) is 0 Å². The Morgan fingerprint density at radius 3 is 3.07 bits per heavy atom. The number of hydrogen-bond donors (Lipinski definition) is 1. The number of fused-ring (bicyclic) bond motifs is 1. The second kappa shape index (κ2) is 3.09. The SMILES string of the molecule is Cn1nc2c(c1C1CCCN1)CCC2. The lowest BCUT2D eigenvalue weighted by atomic mass is 10.1. The van der Waals surface area contributed by atoms with Crippen molar-refractivity contribution in [1.82, 2.24) is 15.1 Å². The Labute approximate surface area is 84.5 Å². The van der Waals surface area contributed by atoms with E-state index in [1.54, 1.807) is 5.56 Å². The minimum absolute atomic E-state index is 0.578. The van der Waals surface area contributed by atoms with E-state index < -0.39 is 0 Å². The second-order valence-electron chi connectivity index (χ2n) is 4.44. The fraction of sp³-hybridized carbons (Fsp3) is 0.727. The summed E-state index contributed by atoms with van der Waals surface area (Å²) in [6.07, 6.45) is 6.33. The van der Waals surface area contributed by atoms with Gasteiger partial charge >= 0.3 is 0 Å². The Morgan fingerprint density at radius 1 is 1.36 bits per heavy atom. The normalized spacial score (nSPS) is 25.6. The molecule has 1 aliphatic carbocycles. The number of aromatic nitrogens is 2.